The van der Waals surface area contributed by atoms with E-state index in [1.807, 2.05) is 26.8 Å². The van der Waals surface area contributed by atoms with Gasteiger partial charge in [-0.15, -0.1) is 0 Å². The molecule has 6 heteroatoms. The first-order chi connectivity index (χ1) is 10.4. The zero-order valence-electron chi connectivity index (χ0n) is 13.3. The second-order valence-corrected chi connectivity index (χ2v) is 6.45. The molecular weight excluding hydrogens is 348 g/mol. The summed E-state index contributed by atoms with van der Waals surface area (Å²) in [5.41, 5.74) is 0.819. The molecule has 1 N–H and O–H groups in total. The molecule has 1 aromatic rings. The summed E-state index contributed by atoms with van der Waals surface area (Å²) in [7, 11) is 0. The first-order valence-electron chi connectivity index (χ1n) is 7.49. The van der Waals surface area contributed by atoms with Gasteiger partial charge in [0.05, 0.1) is 0 Å². The number of aromatic nitrogens is 1. The Morgan fingerprint density at radius 1 is 1.36 bits per heavy atom. The number of carboxylic acid groups (broad SMARTS) is 1. The minimum Gasteiger partial charge on any atom is -0.480 e. The van der Waals surface area contributed by atoms with E-state index in [1.165, 1.54) is 4.90 Å². The second kappa shape index (κ2) is 8.88. The molecule has 122 valence electrons. The molecule has 0 fully saturated rings. The topological polar surface area (TPSA) is 70.5 Å². The zero-order chi connectivity index (χ0) is 16.7. The fraction of sp³-hybridized carbons (Fsp3) is 0.562. The maximum absolute atomic E-state index is 12.5. The highest BCUT2D eigenvalue weighted by Gasteiger charge is 2.32. The van der Waals surface area contributed by atoms with Crippen molar-refractivity contribution in [3.63, 3.8) is 0 Å². The number of halogens is 1. The summed E-state index contributed by atoms with van der Waals surface area (Å²) in [6.07, 6.45) is 3.69. The molecule has 1 unspecified atom stereocenters. The predicted molar refractivity (Wildman–Crippen MR) is 88.3 cm³/mol. The first-order valence-corrected chi connectivity index (χ1v) is 8.28. The van der Waals surface area contributed by atoms with Crippen molar-refractivity contribution in [2.75, 3.05) is 0 Å². The monoisotopic (exact) mass is 370 g/mol. The van der Waals surface area contributed by atoms with Crippen LogP contribution >= 0.6 is 15.9 Å². The van der Waals surface area contributed by atoms with Crippen LogP contribution in [0.3, 0.4) is 0 Å². The Kier molecular flexibility index (Phi) is 7.51. The highest BCUT2D eigenvalue weighted by Crippen LogP contribution is 2.18. The van der Waals surface area contributed by atoms with Crippen molar-refractivity contribution in [3.8, 4) is 0 Å². The molecule has 1 atom stereocenters. The zero-order valence-corrected chi connectivity index (χ0v) is 14.8. The number of hydrogen-bond acceptors (Lipinski definition) is 3. The molecule has 0 radical (unpaired) electrons. The lowest BCUT2D eigenvalue weighted by Crippen LogP contribution is -2.47. The number of aliphatic carboxylic acids is 1. The molecule has 0 aromatic carbocycles. The van der Waals surface area contributed by atoms with Gasteiger partial charge in [-0.25, -0.2) is 9.78 Å². The molecular formula is C16H23BrN2O3. The van der Waals surface area contributed by atoms with Gasteiger partial charge in [-0.05, 0) is 39.9 Å². The van der Waals surface area contributed by atoms with Crippen molar-refractivity contribution in [1.82, 2.24) is 9.88 Å². The van der Waals surface area contributed by atoms with Gasteiger partial charge in [0.25, 0.3) is 0 Å². The number of pyridine rings is 1. The summed E-state index contributed by atoms with van der Waals surface area (Å²) >= 11 is 3.26. The summed E-state index contributed by atoms with van der Waals surface area (Å²) in [6.45, 7) is 5.91. The van der Waals surface area contributed by atoms with Crippen molar-refractivity contribution < 1.29 is 14.7 Å². The number of hydrogen-bond donors (Lipinski definition) is 1. The summed E-state index contributed by atoms with van der Waals surface area (Å²) in [5.74, 6) is -1.25. The summed E-state index contributed by atoms with van der Waals surface area (Å²) in [4.78, 5) is 29.6. The van der Waals surface area contributed by atoms with E-state index in [2.05, 4.69) is 20.9 Å². The normalized spacial score (nSPS) is 12.2. The van der Waals surface area contributed by atoms with Crippen LogP contribution in [0, 0.1) is 5.92 Å². The highest BCUT2D eigenvalue weighted by molar-refractivity contribution is 9.10. The molecule has 0 aliphatic heterocycles. The molecule has 0 spiro atoms. The van der Waals surface area contributed by atoms with Crippen molar-refractivity contribution in [2.45, 2.75) is 52.6 Å². The number of carboxylic acids is 1. The molecule has 0 bridgehead atoms. The Morgan fingerprint density at radius 2 is 2.05 bits per heavy atom. The summed E-state index contributed by atoms with van der Waals surface area (Å²) in [5, 5.41) is 9.49. The number of carbonyl (C=O) groups excluding carboxylic acids is 1. The molecule has 22 heavy (non-hydrogen) atoms. The van der Waals surface area contributed by atoms with Crippen molar-refractivity contribution in [3.05, 3.63) is 28.5 Å². The average Bonchev–Trinajstić information content (AvgIpc) is 2.45. The molecule has 0 saturated carbocycles. The van der Waals surface area contributed by atoms with Crippen LogP contribution in [0.15, 0.2) is 22.9 Å². The van der Waals surface area contributed by atoms with Crippen molar-refractivity contribution in [1.29, 1.82) is 0 Å². The quantitative estimate of drug-likeness (QED) is 0.711. The van der Waals surface area contributed by atoms with Crippen molar-refractivity contribution >= 4 is 27.8 Å². The smallest absolute Gasteiger partial charge is 0.326 e. The van der Waals surface area contributed by atoms with Gasteiger partial charge in [0.15, 0.2) is 0 Å². The molecule has 1 rings (SSSR count). The Balaban J connectivity index is 3.01. The van der Waals surface area contributed by atoms with Gasteiger partial charge in [0, 0.05) is 19.2 Å². The van der Waals surface area contributed by atoms with Gasteiger partial charge in [-0.1, -0.05) is 33.3 Å². The van der Waals surface area contributed by atoms with Gasteiger partial charge in [0.1, 0.15) is 10.6 Å². The molecule has 1 aromatic heterocycles. The fourth-order valence-electron chi connectivity index (χ4n) is 2.29. The largest absolute Gasteiger partial charge is 0.480 e. The maximum atomic E-state index is 12.5. The minimum absolute atomic E-state index is 0.120. The number of rotatable bonds is 8. The van der Waals surface area contributed by atoms with E-state index >= 15 is 0 Å². The van der Waals surface area contributed by atoms with Crippen LogP contribution in [0.2, 0.25) is 0 Å². The summed E-state index contributed by atoms with van der Waals surface area (Å²) < 4.78 is 0.707. The second-order valence-electron chi connectivity index (χ2n) is 5.64. The molecule has 0 saturated heterocycles. The standard InChI is InChI=1S/C16H23BrN2O3/c1-4-5-6-14(20)19(15(11(2)3)16(21)22)10-12-7-8-13(17)18-9-12/h7-9,11,15H,4-6,10H2,1-3H3,(H,21,22). The highest BCUT2D eigenvalue weighted by atomic mass is 79.9. The van der Waals surface area contributed by atoms with E-state index in [-0.39, 0.29) is 18.4 Å². The Bertz CT molecular complexity index is 503. The van der Waals surface area contributed by atoms with Gasteiger partial charge >= 0.3 is 5.97 Å². The van der Waals surface area contributed by atoms with E-state index in [9.17, 15) is 14.7 Å². The maximum Gasteiger partial charge on any atom is 0.326 e. The molecule has 0 aliphatic carbocycles. The van der Waals surface area contributed by atoms with E-state index in [1.54, 1.807) is 12.3 Å². The molecule has 1 heterocycles. The van der Waals surface area contributed by atoms with Gasteiger partial charge < -0.3 is 10.0 Å². The van der Waals surface area contributed by atoms with Crippen LogP contribution in [0.4, 0.5) is 0 Å². The van der Waals surface area contributed by atoms with E-state index in [0.717, 1.165) is 18.4 Å². The van der Waals surface area contributed by atoms with Crippen LogP contribution in [0.1, 0.15) is 45.6 Å². The molecule has 0 aliphatic rings. The van der Waals surface area contributed by atoms with Gasteiger partial charge in [-0.2, -0.15) is 0 Å². The molecule has 5 nitrogen and oxygen atoms in total. The number of nitrogens with zero attached hydrogens (tertiary/aromatic N) is 2. The van der Waals surface area contributed by atoms with Crippen LogP contribution < -0.4 is 0 Å². The number of unbranched alkanes of at least 4 members (excludes halogenated alkanes) is 1. The average molecular weight is 371 g/mol. The third-order valence-electron chi connectivity index (χ3n) is 3.43. The van der Waals surface area contributed by atoms with Gasteiger partial charge in [-0.3, -0.25) is 4.79 Å². The lowest BCUT2D eigenvalue weighted by atomic mass is 10.0. The van der Waals surface area contributed by atoms with E-state index < -0.39 is 12.0 Å². The Morgan fingerprint density at radius 3 is 2.50 bits per heavy atom. The van der Waals surface area contributed by atoms with Crippen LogP contribution in [0.5, 0.6) is 0 Å². The van der Waals surface area contributed by atoms with E-state index in [0.29, 0.717) is 11.0 Å². The number of amides is 1. The lowest BCUT2D eigenvalue weighted by Gasteiger charge is -2.31. The van der Waals surface area contributed by atoms with Crippen molar-refractivity contribution in [2.24, 2.45) is 5.92 Å². The Labute approximate surface area is 139 Å². The third kappa shape index (κ3) is 5.40. The van der Waals surface area contributed by atoms with Crippen LogP contribution in [-0.2, 0) is 16.1 Å². The predicted octanol–water partition coefficient (Wildman–Crippen LogP) is 3.47. The minimum atomic E-state index is -0.968. The summed E-state index contributed by atoms with van der Waals surface area (Å²) in [6, 6.07) is 2.80. The lowest BCUT2D eigenvalue weighted by molar-refractivity contribution is -0.153. The van der Waals surface area contributed by atoms with Crippen LogP contribution in [-0.4, -0.2) is 32.9 Å². The SMILES string of the molecule is CCCCC(=O)N(Cc1ccc(Br)nc1)C(C(=O)O)C(C)C. The van der Waals surface area contributed by atoms with Crippen LogP contribution in [0.25, 0.3) is 0 Å². The third-order valence-corrected chi connectivity index (χ3v) is 3.90. The fourth-order valence-corrected chi connectivity index (χ4v) is 2.52. The first kappa shape index (κ1) is 18.6. The Hall–Kier alpha value is -1.43. The molecule has 1 amide bonds. The van der Waals surface area contributed by atoms with E-state index in [4.69, 9.17) is 0 Å². The van der Waals surface area contributed by atoms with Gasteiger partial charge in [0.2, 0.25) is 5.91 Å². The number of carbonyl (C=O) groups is 2.